The minimum atomic E-state index is -1.12. The normalized spacial score (nSPS) is 11.8. The first-order valence-electron chi connectivity index (χ1n) is 7.46. The summed E-state index contributed by atoms with van der Waals surface area (Å²) in [6.45, 7) is 7.43. The monoisotopic (exact) mass is 309 g/mol. The average molecular weight is 309 g/mol. The molecular weight excluding hydrogens is 290 g/mol. The van der Waals surface area contributed by atoms with Gasteiger partial charge in [0, 0.05) is 18.0 Å². The summed E-state index contributed by atoms with van der Waals surface area (Å²) in [6.07, 6.45) is 3.37. The number of carbonyl (C=O) groups is 1. The van der Waals surface area contributed by atoms with Crippen molar-refractivity contribution in [3.05, 3.63) is 47.8 Å². The Morgan fingerprint density at radius 2 is 1.74 bits per heavy atom. The van der Waals surface area contributed by atoms with Crippen molar-refractivity contribution in [1.29, 1.82) is 0 Å². The van der Waals surface area contributed by atoms with Crippen molar-refractivity contribution in [3.8, 4) is 11.4 Å². The van der Waals surface area contributed by atoms with Crippen LogP contribution in [-0.4, -0.2) is 25.6 Å². The second kappa shape index (κ2) is 5.19. The average Bonchev–Trinajstić information content (AvgIpc) is 2.87. The maximum atomic E-state index is 11.8. The number of carboxylic acid groups (broad SMARTS) is 1. The van der Waals surface area contributed by atoms with E-state index in [1.807, 2.05) is 38.1 Å². The van der Waals surface area contributed by atoms with Gasteiger partial charge in [-0.15, -0.1) is 0 Å². The van der Waals surface area contributed by atoms with Crippen LogP contribution in [0.15, 0.2) is 36.7 Å². The molecule has 0 radical (unpaired) electrons. The fraction of sp³-hybridized carbons (Fsp3) is 0.278. The van der Waals surface area contributed by atoms with E-state index in [0.717, 1.165) is 27.7 Å². The molecule has 5 nitrogen and oxygen atoms in total. The van der Waals surface area contributed by atoms with Crippen molar-refractivity contribution in [1.82, 2.24) is 14.5 Å². The quantitative estimate of drug-likeness (QED) is 0.803. The van der Waals surface area contributed by atoms with Gasteiger partial charge >= 0.3 is 5.97 Å². The van der Waals surface area contributed by atoms with Crippen LogP contribution in [0.3, 0.4) is 0 Å². The van der Waals surface area contributed by atoms with E-state index < -0.39 is 11.5 Å². The van der Waals surface area contributed by atoms with Gasteiger partial charge in [-0.25, -0.2) is 9.78 Å². The predicted molar refractivity (Wildman–Crippen MR) is 89.4 cm³/mol. The number of hydrogen-bond donors (Lipinski definition) is 1. The number of pyridine rings is 1. The van der Waals surface area contributed by atoms with Crippen LogP contribution in [0.2, 0.25) is 0 Å². The molecule has 1 aromatic carbocycles. The van der Waals surface area contributed by atoms with Gasteiger partial charge in [-0.05, 0) is 63.1 Å². The molecule has 0 aliphatic rings. The summed E-state index contributed by atoms with van der Waals surface area (Å²) in [5, 5.41) is 9.71. The Hall–Kier alpha value is -2.69. The van der Waals surface area contributed by atoms with Crippen LogP contribution in [0.5, 0.6) is 0 Å². The van der Waals surface area contributed by atoms with E-state index >= 15 is 0 Å². The fourth-order valence-electron chi connectivity index (χ4n) is 2.69. The molecule has 0 amide bonds. The van der Waals surface area contributed by atoms with Crippen LogP contribution in [0.1, 0.15) is 25.0 Å². The molecule has 3 aromatic rings. The lowest BCUT2D eigenvalue weighted by atomic mass is 10.0. The summed E-state index contributed by atoms with van der Waals surface area (Å²) < 4.78 is 1.80. The number of carboxylic acids is 1. The molecule has 118 valence electrons. The van der Waals surface area contributed by atoms with Gasteiger partial charge in [-0.2, -0.15) is 0 Å². The number of imidazole rings is 1. The third-order valence-electron chi connectivity index (χ3n) is 4.29. The molecule has 0 unspecified atom stereocenters. The number of rotatable bonds is 3. The zero-order valence-electron chi connectivity index (χ0n) is 13.7. The summed E-state index contributed by atoms with van der Waals surface area (Å²) in [5.41, 5.74) is 3.61. The Labute approximate surface area is 134 Å². The first-order valence-corrected chi connectivity index (χ1v) is 7.46. The molecule has 0 atom stereocenters. The van der Waals surface area contributed by atoms with Gasteiger partial charge in [0.25, 0.3) is 0 Å². The predicted octanol–water partition coefficient (Wildman–Crippen LogP) is 3.53. The Balaban J connectivity index is 2.42. The molecule has 0 aliphatic heterocycles. The molecule has 0 aliphatic carbocycles. The molecule has 0 saturated carbocycles. The summed E-state index contributed by atoms with van der Waals surface area (Å²) in [6, 6.07) is 7.70. The second-order valence-corrected chi connectivity index (χ2v) is 6.30. The lowest BCUT2D eigenvalue weighted by Gasteiger charge is -2.25. The minimum Gasteiger partial charge on any atom is -0.480 e. The van der Waals surface area contributed by atoms with Crippen molar-refractivity contribution < 1.29 is 9.90 Å². The van der Waals surface area contributed by atoms with Crippen molar-refractivity contribution in [2.75, 3.05) is 0 Å². The molecule has 5 heteroatoms. The maximum Gasteiger partial charge on any atom is 0.329 e. The Morgan fingerprint density at radius 3 is 2.35 bits per heavy atom. The molecule has 2 heterocycles. The molecular formula is C18H19N3O2. The molecule has 0 saturated heterocycles. The summed E-state index contributed by atoms with van der Waals surface area (Å²) in [5.74, 6) is -0.259. The van der Waals surface area contributed by atoms with Crippen molar-refractivity contribution in [3.63, 3.8) is 0 Å². The van der Waals surface area contributed by atoms with Gasteiger partial charge in [-0.1, -0.05) is 0 Å². The van der Waals surface area contributed by atoms with Gasteiger partial charge in [0.15, 0.2) is 0 Å². The van der Waals surface area contributed by atoms with Crippen LogP contribution >= 0.6 is 0 Å². The van der Waals surface area contributed by atoms with E-state index in [9.17, 15) is 9.90 Å². The number of benzene rings is 1. The van der Waals surface area contributed by atoms with Crippen molar-refractivity contribution >= 4 is 17.0 Å². The van der Waals surface area contributed by atoms with E-state index in [4.69, 9.17) is 4.98 Å². The molecule has 0 fully saturated rings. The molecule has 0 spiro atoms. The van der Waals surface area contributed by atoms with Crippen LogP contribution in [0, 0.1) is 13.8 Å². The Kier molecular flexibility index (Phi) is 3.43. The van der Waals surface area contributed by atoms with E-state index in [2.05, 4.69) is 4.98 Å². The maximum absolute atomic E-state index is 11.8. The summed E-state index contributed by atoms with van der Waals surface area (Å²) >= 11 is 0. The van der Waals surface area contributed by atoms with E-state index in [1.54, 1.807) is 30.8 Å². The van der Waals surface area contributed by atoms with Crippen LogP contribution < -0.4 is 0 Å². The van der Waals surface area contributed by atoms with Crippen LogP contribution in [0.4, 0.5) is 0 Å². The standard InChI is InChI=1S/C18H19N3O2/c1-11-9-14-15(10-12(11)2)21(18(3,4)17(22)23)16(20-14)13-5-7-19-8-6-13/h5-10H,1-4H3,(H,22,23). The zero-order valence-corrected chi connectivity index (χ0v) is 13.7. The van der Waals surface area contributed by atoms with E-state index in [1.165, 1.54) is 0 Å². The van der Waals surface area contributed by atoms with E-state index in [-0.39, 0.29) is 0 Å². The summed E-state index contributed by atoms with van der Waals surface area (Å²) in [4.78, 5) is 20.6. The lowest BCUT2D eigenvalue weighted by Crippen LogP contribution is -2.36. The van der Waals surface area contributed by atoms with Gasteiger partial charge < -0.3 is 9.67 Å². The number of nitrogens with zero attached hydrogens (tertiary/aromatic N) is 3. The number of hydrogen-bond acceptors (Lipinski definition) is 3. The highest BCUT2D eigenvalue weighted by molar-refractivity contribution is 5.87. The summed E-state index contributed by atoms with van der Waals surface area (Å²) in [7, 11) is 0. The van der Waals surface area contributed by atoms with Crippen molar-refractivity contribution in [2.45, 2.75) is 33.2 Å². The molecule has 23 heavy (non-hydrogen) atoms. The molecule has 0 bridgehead atoms. The minimum absolute atomic E-state index is 0.639. The van der Waals surface area contributed by atoms with Gasteiger partial charge in [-0.3, -0.25) is 4.98 Å². The largest absolute Gasteiger partial charge is 0.480 e. The van der Waals surface area contributed by atoms with Crippen LogP contribution in [0.25, 0.3) is 22.4 Å². The van der Waals surface area contributed by atoms with Gasteiger partial charge in [0.2, 0.25) is 0 Å². The van der Waals surface area contributed by atoms with Crippen molar-refractivity contribution in [2.24, 2.45) is 0 Å². The third kappa shape index (κ3) is 2.38. The smallest absolute Gasteiger partial charge is 0.329 e. The SMILES string of the molecule is Cc1cc2nc(-c3ccncc3)n(C(C)(C)C(=O)O)c2cc1C. The zero-order chi connectivity index (χ0) is 16.8. The lowest BCUT2D eigenvalue weighted by molar-refractivity contribution is -0.145. The number of aryl methyl sites for hydroxylation is 2. The Morgan fingerprint density at radius 1 is 1.13 bits per heavy atom. The van der Waals surface area contributed by atoms with Gasteiger partial charge in [0.05, 0.1) is 11.0 Å². The first kappa shape index (κ1) is 15.2. The fourth-order valence-corrected chi connectivity index (χ4v) is 2.69. The van der Waals surface area contributed by atoms with Gasteiger partial charge in [0.1, 0.15) is 11.4 Å². The highest BCUT2D eigenvalue weighted by Gasteiger charge is 2.34. The van der Waals surface area contributed by atoms with E-state index in [0.29, 0.717) is 5.82 Å². The number of aromatic nitrogens is 3. The molecule has 3 rings (SSSR count). The first-order chi connectivity index (χ1) is 10.8. The van der Waals surface area contributed by atoms with Crippen LogP contribution in [-0.2, 0) is 10.3 Å². The Bertz CT molecular complexity index is 896. The molecule has 2 aromatic heterocycles. The third-order valence-corrected chi connectivity index (χ3v) is 4.29. The highest BCUT2D eigenvalue weighted by Crippen LogP contribution is 2.32. The second-order valence-electron chi connectivity index (χ2n) is 6.30. The highest BCUT2D eigenvalue weighted by atomic mass is 16.4. The number of aliphatic carboxylic acids is 1. The topological polar surface area (TPSA) is 68.0 Å². The number of fused-ring (bicyclic) bond motifs is 1. The molecule has 1 N–H and O–H groups in total.